The lowest BCUT2D eigenvalue weighted by atomic mass is 9.86. The summed E-state index contributed by atoms with van der Waals surface area (Å²) in [6, 6.07) is 7.38. The van der Waals surface area contributed by atoms with Crippen molar-refractivity contribution in [2.24, 2.45) is 5.92 Å². The van der Waals surface area contributed by atoms with Gasteiger partial charge in [-0.3, -0.25) is 9.59 Å². The van der Waals surface area contributed by atoms with Crippen molar-refractivity contribution in [3.05, 3.63) is 29.8 Å². The minimum atomic E-state index is -0.278. The summed E-state index contributed by atoms with van der Waals surface area (Å²) in [5, 5.41) is 3.06. The predicted molar refractivity (Wildman–Crippen MR) is 87.2 cm³/mol. The Hall–Kier alpha value is -2.04. The first-order valence-corrected chi connectivity index (χ1v) is 8.16. The van der Waals surface area contributed by atoms with Gasteiger partial charge in [-0.1, -0.05) is 31.9 Å². The van der Waals surface area contributed by atoms with Crippen molar-refractivity contribution in [2.75, 3.05) is 13.7 Å². The van der Waals surface area contributed by atoms with Crippen LogP contribution in [-0.4, -0.2) is 31.6 Å². The highest BCUT2D eigenvalue weighted by molar-refractivity contribution is 5.78. The van der Waals surface area contributed by atoms with Crippen molar-refractivity contribution in [3.8, 4) is 5.75 Å². The molecule has 0 unspecified atom stereocenters. The maximum absolute atomic E-state index is 12.0. The first kappa shape index (κ1) is 17.3. The van der Waals surface area contributed by atoms with Gasteiger partial charge in [0.1, 0.15) is 5.75 Å². The molecule has 0 bridgehead atoms. The molecular weight excluding hydrogens is 294 g/mol. The van der Waals surface area contributed by atoms with E-state index in [0.717, 1.165) is 12.0 Å². The van der Waals surface area contributed by atoms with Gasteiger partial charge in [-0.25, -0.2) is 0 Å². The molecule has 2 atom stereocenters. The molecular formula is C18H25NO4. The second-order valence-electron chi connectivity index (χ2n) is 6.12. The van der Waals surface area contributed by atoms with Gasteiger partial charge in [-0.2, -0.15) is 0 Å². The molecule has 2 rings (SSSR count). The molecule has 23 heavy (non-hydrogen) atoms. The average Bonchev–Trinajstić information content (AvgIpc) is 2.56. The molecule has 0 heterocycles. The molecule has 0 aromatic heterocycles. The minimum absolute atomic E-state index is 0.0135. The number of hydrogen-bond donors (Lipinski definition) is 1. The normalized spacial score (nSPS) is 20.6. The molecule has 1 aliphatic rings. The largest absolute Gasteiger partial charge is 0.484 e. The van der Waals surface area contributed by atoms with Crippen molar-refractivity contribution in [2.45, 2.75) is 45.1 Å². The Labute approximate surface area is 137 Å². The van der Waals surface area contributed by atoms with Crippen molar-refractivity contribution in [3.63, 3.8) is 0 Å². The molecule has 1 aliphatic carbocycles. The van der Waals surface area contributed by atoms with E-state index in [4.69, 9.17) is 4.74 Å². The fraction of sp³-hybridized carbons (Fsp3) is 0.556. The van der Waals surface area contributed by atoms with Crippen LogP contribution < -0.4 is 10.1 Å². The third kappa shape index (κ3) is 5.58. The van der Waals surface area contributed by atoms with Gasteiger partial charge in [-0.05, 0) is 36.5 Å². The molecule has 0 aliphatic heterocycles. The number of nitrogens with one attached hydrogen (secondary N) is 1. The lowest BCUT2D eigenvalue weighted by molar-refractivity contribution is -0.139. The molecule has 1 aromatic rings. The van der Waals surface area contributed by atoms with Gasteiger partial charge < -0.3 is 14.8 Å². The Balaban J connectivity index is 1.76. The van der Waals surface area contributed by atoms with E-state index < -0.39 is 0 Å². The van der Waals surface area contributed by atoms with E-state index in [9.17, 15) is 9.59 Å². The lowest BCUT2D eigenvalue weighted by Crippen LogP contribution is -2.43. The van der Waals surface area contributed by atoms with Crippen LogP contribution in [0.1, 0.15) is 38.2 Å². The smallest absolute Gasteiger partial charge is 0.309 e. The highest BCUT2D eigenvalue weighted by Gasteiger charge is 2.22. The first-order chi connectivity index (χ1) is 11.1. The van der Waals surface area contributed by atoms with E-state index in [1.54, 1.807) is 24.3 Å². The number of carbonyl (C=O) groups excluding carboxylic acids is 2. The SMILES string of the molecule is COC(=O)Cc1ccc(OCC(=O)N[C@H]2CCCC[C@@H]2C)cc1. The fourth-order valence-electron chi connectivity index (χ4n) is 2.87. The van der Waals surface area contributed by atoms with Gasteiger partial charge in [-0.15, -0.1) is 0 Å². The number of esters is 1. The molecule has 0 spiro atoms. The molecule has 0 saturated heterocycles. The molecule has 0 radical (unpaired) electrons. The Kier molecular flexibility index (Phi) is 6.44. The van der Waals surface area contributed by atoms with Crippen LogP contribution in [0.15, 0.2) is 24.3 Å². The molecule has 5 nitrogen and oxygen atoms in total. The second kappa shape index (κ2) is 8.56. The van der Waals surface area contributed by atoms with E-state index in [1.165, 1.54) is 26.4 Å². The average molecular weight is 319 g/mol. The van der Waals surface area contributed by atoms with Crippen molar-refractivity contribution >= 4 is 11.9 Å². The highest BCUT2D eigenvalue weighted by Crippen LogP contribution is 2.23. The predicted octanol–water partition coefficient (Wildman–Crippen LogP) is 2.48. The zero-order valence-corrected chi connectivity index (χ0v) is 13.8. The standard InChI is InChI=1S/C18H25NO4/c1-13-5-3-4-6-16(13)19-17(20)12-23-15-9-7-14(8-10-15)11-18(21)22-2/h7-10,13,16H,3-6,11-12H2,1-2H3,(H,19,20)/t13-,16-/m0/s1. The number of carbonyl (C=O) groups is 2. The second-order valence-corrected chi connectivity index (χ2v) is 6.12. The molecule has 1 amide bonds. The van der Waals surface area contributed by atoms with E-state index in [0.29, 0.717) is 11.7 Å². The number of amides is 1. The molecule has 5 heteroatoms. The Bertz CT molecular complexity index is 526. The summed E-state index contributed by atoms with van der Waals surface area (Å²) < 4.78 is 10.1. The zero-order chi connectivity index (χ0) is 16.7. The summed E-state index contributed by atoms with van der Waals surface area (Å²) in [7, 11) is 1.37. The fourth-order valence-corrected chi connectivity index (χ4v) is 2.87. The monoisotopic (exact) mass is 319 g/mol. The molecule has 1 N–H and O–H groups in total. The van der Waals surface area contributed by atoms with Crippen LogP contribution in [0.2, 0.25) is 0 Å². The first-order valence-electron chi connectivity index (χ1n) is 8.16. The minimum Gasteiger partial charge on any atom is -0.484 e. The van der Waals surface area contributed by atoms with E-state index in [1.807, 2.05) is 0 Å². The van der Waals surface area contributed by atoms with Crippen LogP contribution in [-0.2, 0) is 20.7 Å². The van der Waals surface area contributed by atoms with Crippen LogP contribution in [0.4, 0.5) is 0 Å². The van der Waals surface area contributed by atoms with Crippen LogP contribution >= 0.6 is 0 Å². The molecule has 1 fully saturated rings. The van der Waals surface area contributed by atoms with Crippen molar-refractivity contribution in [1.29, 1.82) is 0 Å². The van der Waals surface area contributed by atoms with Crippen molar-refractivity contribution < 1.29 is 19.1 Å². The maximum Gasteiger partial charge on any atom is 0.309 e. The summed E-state index contributed by atoms with van der Waals surface area (Å²) in [6.45, 7) is 2.20. The van der Waals surface area contributed by atoms with E-state index in [-0.39, 0.29) is 30.9 Å². The summed E-state index contributed by atoms with van der Waals surface area (Å²) in [4.78, 5) is 23.2. The van der Waals surface area contributed by atoms with E-state index >= 15 is 0 Å². The Morgan fingerprint density at radius 3 is 2.52 bits per heavy atom. The quantitative estimate of drug-likeness (QED) is 0.818. The maximum atomic E-state index is 12.0. The number of ether oxygens (including phenoxy) is 2. The highest BCUT2D eigenvalue weighted by atomic mass is 16.5. The van der Waals surface area contributed by atoms with Crippen LogP contribution in [0, 0.1) is 5.92 Å². The van der Waals surface area contributed by atoms with Gasteiger partial charge in [0.15, 0.2) is 6.61 Å². The number of hydrogen-bond acceptors (Lipinski definition) is 4. The molecule has 126 valence electrons. The molecule has 1 aromatic carbocycles. The summed E-state index contributed by atoms with van der Waals surface area (Å²) in [5.41, 5.74) is 0.852. The Morgan fingerprint density at radius 2 is 1.87 bits per heavy atom. The van der Waals surface area contributed by atoms with Crippen LogP contribution in [0.3, 0.4) is 0 Å². The number of methoxy groups -OCH3 is 1. The third-order valence-corrected chi connectivity index (χ3v) is 4.33. The van der Waals surface area contributed by atoms with Gasteiger partial charge in [0.05, 0.1) is 13.5 Å². The van der Waals surface area contributed by atoms with Gasteiger partial charge in [0.2, 0.25) is 0 Å². The summed E-state index contributed by atoms with van der Waals surface area (Å²) >= 11 is 0. The van der Waals surface area contributed by atoms with E-state index in [2.05, 4.69) is 17.0 Å². The van der Waals surface area contributed by atoms with Crippen LogP contribution in [0.5, 0.6) is 5.75 Å². The zero-order valence-electron chi connectivity index (χ0n) is 13.8. The third-order valence-electron chi connectivity index (χ3n) is 4.33. The topological polar surface area (TPSA) is 64.6 Å². The van der Waals surface area contributed by atoms with Crippen molar-refractivity contribution in [1.82, 2.24) is 5.32 Å². The number of benzene rings is 1. The van der Waals surface area contributed by atoms with Gasteiger partial charge in [0, 0.05) is 6.04 Å². The van der Waals surface area contributed by atoms with Crippen LogP contribution in [0.25, 0.3) is 0 Å². The summed E-state index contributed by atoms with van der Waals surface area (Å²) in [5.74, 6) is 0.790. The summed E-state index contributed by atoms with van der Waals surface area (Å²) in [6.07, 6.45) is 4.89. The lowest BCUT2D eigenvalue weighted by Gasteiger charge is -2.29. The van der Waals surface area contributed by atoms with Gasteiger partial charge in [0.25, 0.3) is 5.91 Å². The molecule has 1 saturated carbocycles. The van der Waals surface area contributed by atoms with Gasteiger partial charge >= 0.3 is 5.97 Å². The Morgan fingerprint density at radius 1 is 1.17 bits per heavy atom. The number of rotatable bonds is 6.